The molecule has 24 heavy (non-hydrogen) atoms. The molecule has 0 aliphatic carbocycles. The first-order valence-electron chi connectivity index (χ1n) is 8.18. The van der Waals surface area contributed by atoms with Gasteiger partial charge in [0.15, 0.2) is 0 Å². The Morgan fingerprint density at radius 3 is 2.08 bits per heavy atom. The van der Waals surface area contributed by atoms with Crippen LogP contribution in [-0.2, 0) is 19.2 Å². The SMILES string of the molecule is CC1=CC(=O)N(CC(C)(C)CC(C)CCN2C(=O)C=CC2=O)C1=O. The summed E-state index contributed by atoms with van der Waals surface area (Å²) in [6.07, 6.45) is 5.43. The highest BCUT2D eigenvalue weighted by molar-refractivity contribution is 6.16. The Morgan fingerprint density at radius 1 is 1.00 bits per heavy atom. The molecule has 0 bridgehead atoms. The second kappa shape index (κ2) is 6.71. The minimum absolute atomic E-state index is 0.222. The minimum Gasteiger partial charge on any atom is -0.275 e. The molecule has 2 rings (SSSR count). The van der Waals surface area contributed by atoms with Gasteiger partial charge in [-0.15, -0.1) is 0 Å². The van der Waals surface area contributed by atoms with Crippen LogP contribution in [0.5, 0.6) is 0 Å². The van der Waals surface area contributed by atoms with Gasteiger partial charge >= 0.3 is 0 Å². The van der Waals surface area contributed by atoms with E-state index >= 15 is 0 Å². The normalized spacial score (nSPS) is 19.6. The molecular weight excluding hydrogens is 308 g/mol. The lowest BCUT2D eigenvalue weighted by molar-refractivity contribution is -0.140. The van der Waals surface area contributed by atoms with E-state index in [-0.39, 0.29) is 35.0 Å². The number of carbonyl (C=O) groups is 4. The molecule has 1 unspecified atom stereocenters. The van der Waals surface area contributed by atoms with Crippen molar-refractivity contribution in [3.63, 3.8) is 0 Å². The molecule has 2 aliphatic rings. The summed E-state index contributed by atoms with van der Waals surface area (Å²) in [6.45, 7) is 8.50. The van der Waals surface area contributed by atoms with Crippen molar-refractivity contribution in [3.05, 3.63) is 23.8 Å². The van der Waals surface area contributed by atoms with Crippen LogP contribution in [0.15, 0.2) is 23.8 Å². The summed E-state index contributed by atoms with van der Waals surface area (Å²) in [5.41, 5.74) is 0.239. The smallest absolute Gasteiger partial charge is 0.256 e. The highest BCUT2D eigenvalue weighted by Crippen LogP contribution is 2.30. The Hall–Kier alpha value is -2.24. The average molecular weight is 332 g/mol. The highest BCUT2D eigenvalue weighted by Gasteiger charge is 2.34. The van der Waals surface area contributed by atoms with E-state index in [0.717, 1.165) is 6.42 Å². The van der Waals surface area contributed by atoms with Gasteiger partial charge in [-0.3, -0.25) is 29.0 Å². The lowest BCUT2D eigenvalue weighted by atomic mass is 9.81. The van der Waals surface area contributed by atoms with Crippen LogP contribution in [0.4, 0.5) is 0 Å². The Labute approximate surface area is 142 Å². The molecule has 4 amide bonds. The third kappa shape index (κ3) is 3.99. The number of hydrogen-bond donors (Lipinski definition) is 0. The molecule has 6 nitrogen and oxygen atoms in total. The van der Waals surface area contributed by atoms with Crippen LogP contribution in [0.1, 0.15) is 40.5 Å². The number of hydrogen-bond acceptors (Lipinski definition) is 4. The number of nitrogens with zero attached hydrogens (tertiary/aromatic N) is 2. The standard InChI is InChI=1S/C18H24N2O4/c1-12(7-8-19-14(21)5-6-15(19)22)10-18(3,4)11-20-16(23)9-13(2)17(20)24/h5-6,9,12H,7-8,10-11H2,1-4H3. The predicted molar refractivity (Wildman–Crippen MR) is 88.5 cm³/mol. The molecule has 2 heterocycles. The molecule has 0 saturated heterocycles. The minimum atomic E-state index is -0.263. The molecule has 130 valence electrons. The van der Waals surface area contributed by atoms with Crippen molar-refractivity contribution < 1.29 is 19.2 Å². The van der Waals surface area contributed by atoms with Crippen LogP contribution in [-0.4, -0.2) is 46.5 Å². The van der Waals surface area contributed by atoms with Crippen LogP contribution >= 0.6 is 0 Å². The summed E-state index contributed by atoms with van der Waals surface area (Å²) in [4.78, 5) is 49.5. The zero-order chi connectivity index (χ0) is 18.1. The second-order valence-corrected chi connectivity index (χ2v) is 7.48. The van der Waals surface area contributed by atoms with Gasteiger partial charge in [0, 0.05) is 36.9 Å². The van der Waals surface area contributed by atoms with Gasteiger partial charge in [0.05, 0.1) is 0 Å². The first-order chi connectivity index (χ1) is 11.1. The molecule has 0 aromatic rings. The Balaban J connectivity index is 1.85. The molecule has 0 radical (unpaired) electrons. The number of carbonyl (C=O) groups excluding carboxylic acids is 4. The monoisotopic (exact) mass is 332 g/mol. The van der Waals surface area contributed by atoms with E-state index in [0.29, 0.717) is 25.1 Å². The average Bonchev–Trinajstić information content (AvgIpc) is 2.90. The third-order valence-corrected chi connectivity index (χ3v) is 4.42. The van der Waals surface area contributed by atoms with Crippen molar-refractivity contribution in [1.82, 2.24) is 9.80 Å². The fraction of sp³-hybridized carbons (Fsp3) is 0.556. The largest absolute Gasteiger partial charge is 0.275 e. The van der Waals surface area contributed by atoms with Crippen LogP contribution in [0.25, 0.3) is 0 Å². The van der Waals surface area contributed by atoms with E-state index in [1.165, 1.54) is 28.0 Å². The lowest BCUT2D eigenvalue weighted by Gasteiger charge is -2.32. The molecule has 0 spiro atoms. The van der Waals surface area contributed by atoms with Crippen LogP contribution in [0.2, 0.25) is 0 Å². The van der Waals surface area contributed by atoms with E-state index in [9.17, 15) is 19.2 Å². The summed E-state index contributed by atoms with van der Waals surface area (Å²) in [5, 5.41) is 0. The van der Waals surface area contributed by atoms with Crippen molar-refractivity contribution >= 4 is 23.6 Å². The maximum atomic E-state index is 12.0. The van der Waals surface area contributed by atoms with Crippen LogP contribution in [0, 0.1) is 11.3 Å². The van der Waals surface area contributed by atoms with Gasteiger partial charge in [-0.1, -0.05) is 20.8 Å². The van der Waals surface area contributed by atoms with Crippen molar-refractivity contribution in [2.45, 2.75) is 40.5 Å². The maximum Gasteiger partial charge on any atom is 0.256 e. The van der Waals surface area contributed by atoms with Crippen LogP contribution in [0.3, 0.4) is 0 Å². The molecule has 0 N–H and O–H groups in total. The molecule has 6 heteroatoms. The van der Waals surface area contributed by atoms with Gasteiger partial charge in [0.2, 0.25) is 0 Å². The summed E-state index contributed by atoms with van der Waals surface area (Å²) in [6, 6.07) is 0. The Morgan fingerprint density at radius 2 is 1.58 bits per heavy atom. The summed E-state index contributed by atoms with van der Waals surface area (Å²) < 4.78 is 0. The molecule has 2 aliphatic heterocycles. The van der Waals surface area contributed by atoms with Crippen molar-refractivity contribution in [1.29, 1.82) is 0 Å². The Bertz CT molecular complexity index is 627. The van der Waals surface area contributed by atoms with Gasteiger partial charge in [0.25, 0.3) is 23.6 Å². The maximum absolute atomic E-state index is 12.0. The first kappa shape index (κ1) is 18.1. The fourth-order valence-corrected chi connectivity index (χ4v) is 3.33. The molecular formula is C18H24N2O4. The van der Waals surface area contributed by atoms with Crippen molar-refractivity contribution in [2.24, 2.45) is 11.3 Å². The van der Waals surface area contributed by atoms with Gasteiger partial charge in [-0.05, 0) is 31.1 Å². The molecule has 0 aromatic heterocycles. The van der Waals surface area contributed by atoms with Gasteiger partial charge in [-0.2, -0.15) is 0 Å². The number of imide groups is 2. The van der Waals surface area contributed by atoms with E-state index in [1.807, 2.05) is 13.8 Å². The molecule has 1 atom stereocenters. The zero-order valence-corrected chi connectivity index (χ0v) is 14.7. The predicted octanol–water partition coefficient (Wildman–Crippen LogP) is 1.67. The number of amides is 4. The summed E-state index contributed by atoms with van der Waals surface area (Å²) >= 11 is 0. The quantitative estimate of drug-likeness (QED) is 0.665. The van der Waals surface area contributed by atoms with Crippen molar-refractivity contribution in [3.8, 4) is 0 Å². The third-order valence-electron chi connectivity index (χ3n) is 4.42. The van der Waals surface area contributed by atoms with E-state index < -0.39 is 0 Å². The summed E-state index contributed by atoms with van der Waals surface area (Å²) in [5.74, 6) is -0.747. The van der Waals surface area contributed by atoms with Crippen molar-refractivity contribution in [2.75, 3.05) is 13.1 Å². The van der Waals surface area contributed by atoms with E-state index in [4.69, 9.17) is 0 Å². The number of rotatable bonds is 7. The Kier molecular flexibility index (Phi) is 5.06. The van der Waals surface area contributed by atoms with Gasteiger partial charge in [0.1, 0.15) is 0 Å². The molecule has 0 fully saturated rings. The lowest BCUT2D eigenvalue weighted by Crippen LogP contribution is -2.40. The zero-order valence-electron chi connectivity index (χ0n) is 14.7. The highest BCUT2D eigenvalue weighted by atomic mass is 16.2. The second-order valence-electron chi connectivity index (χ2n) is 7.48. The van der Waals surface area contributed by atoms with Gasteiger partial charge in [-0.25, -0.2) is 0 Å². The molecule has 0 aromatic carbocycles. The first-order valence-corrected chi connectivity index (χ1v) is 8.18. The fourth-order valence-electron chi connectivity index (χ4n) is 3.33. The van der Waals surface area contributed by atoms with Gasteiger partial charge < -0.3 is 0 Å². The van der Waals surface area contributed by atoms with E-state index in [1.54, 1.807) is 6.92 Å². The summed E-state index contributed by atoms with van der Waals surface area (Å²) in [7, 11) is 0. The van der Waals surface area contributed by atoms with Crippen LogP contribution < -0.4 is 0 Å². The molecule has 0 saturated carbocycles. The van der Waals surface area contributed by atoms with E-state index in [2.05, 4.69) is 6.92 Å². The topological polar surface area (TPSA) is 74.8 Å².